The first-order chi connectivity index (χ1) is 10.0. The molecule has 0 radical (unpaired) electrons. The molecule has 1 aromatic heterocycles. The number of nitrogens with one attached hydrogen (secondary N) is 1. The van der Waals surface area contributed by atoms with E-state index in [1.807, 2.05) is 11.6 Å². The summed E-state index contributed by atoms with van der Waals surface area (Å²) in [5.74, 6) is 5.74. The molecule has 1 aromatic carbocycles. The number of hydrogen-bond donors (Lipinski definition) is 2. The summed E-state index contributed by atoms with van der Waals surface area (Å²) < 4.78 is 4.21. The van der Waals surface area contributed by atoms with Crippen molar-refractivity contribution in [3.63, 3.8) is 0 Å². The fourth-order valence-electron chi connectivity index (χ4n) is 2.39. The molecule has 0 saturated carbocycles. The Hall–Kier alpha value is -0.690. The molecule has 0 amide bonds. The first-order valence-electron chi connectivity index (χ1n) is 6.97. The number of aromatic nitrogens is 2. The number of nitrogens with zero attached hydrogens (tertiary/aromatic N) is 2. The molecule has 1 atom stereocenters. The number of hydrogen-bond acceptors (Lipinski definition) is 3. The summed E-state index contributed by atoms with van der Waals surface area (Å²) in [5, 5.41) is 4.53. The molecule has 114 valence electrons. The zero-order valence-corrected chi connectivity index (χ0v) is 15.4. The molecule has 0 aliphatic heterocycles. The maximum absolute atomic E-state index is 5.74. The minimum Gasteiger partial charge on any atom is -0.271 e. The molecule has 0 fully saturated rings. The van der Waals surface area contributed by atoms with E-state index < -0.39 is 0 Å². The van der Waals surface area contributed by atoms with Gasteiger partial charge in [-0.1, -0.05) is 28.1 Å². The highest BCUT2D eigenvalue weighted by atomic mass is 79.9. The van der Waals surface area contributed by atoms with Crippen LogP contribution in [-0.4, -0.2) is 15.8 Å². The molecular formula is C15H20Br2N4. The predicted octanol–water partition coefficient (Wildman–Crippen LogP) is 3.35. The Kier molecular flexibility index (Phi) is 5.98. The third-order valence-corrected chi connectivity index (χ3v) is 5.08. The lowest BCUT2D eigenvalue weighted by Gasteiger charge is -2.17. The Morgan fingerprint density at radius 1 is 1.24 bits per heavy atom. The van der Waals surface area contributed by atoms with Crippen LogP contribution in [0.25, 0.3) is 0 Å². The molecule has 0 spiro atoms. The number of rotatable bonds is 6. The van der Waals surface area contributed by atoms with E-state index >= 15 is 0 Å². The fourth-order valence-corrected chi connectivity index (χ4v) is 3.10. The van der Waals surface area contributed by atoms with Crippen molar-refractivity contribution in [3.05, 3.63) is 50.2 Å². The minimum absolute atomic E-state index is 0.170. The van der Waals surface area contributed by atoms with E-state index in [-0.39, 0.29) is 6.04 Å². The Morgan fingerprint density at radius 2 is 1.90 bits per heavy atom. The lowest BCUT2D eigenvalue weighted by Crippen LogP contribution is -2.39. The third-order valence-electron chi connectivity index (χ3n) is 3.52. The first-order valence-corrected chi connectivity index (χ1v) is 8.56. The van der Waals surface area contributed by atoms with Crippen molar-refractivity contribution in [2.45, 2.75) is 39.3 Å². The van der Waals surface area contributed by atoms with E-state index in [0.717, 1.165) is 34.0 Å². The smallest absolute Gasteiger partial charge is 0.0738 e. The second kappa shape index (κ2) is 7.54. The van der Waals surface area contributed by atoms with Crippen molar-refractivity contribution < 1.29 is 0 Å². The first kappa shape index (κ1) is 16.7. The summed E-state index contributed by atoms with van der Waals surface area (Å²) >= 11 is 7.09. The van der Waals surface area contributed by atoms with Crippen molar-refractivity contribution in [3.8, 4) is 0 Å². The lowest BCUT2D eigenvalue weighted by molar-refractivity contribution is 0.495. The average molecular weight is 416 g/mol. The van der Waals surface area contributed by atoms with E-state index in [1.54, 1.807) is 0 Å². The standard InChI is InChI=1S/C15H20Br2N4/c1-3-21-14(15(17)10(2)20-21)9-13(19-18)8-11-4-6-12(16)7-5-11/h4-7,13,19H,3,8-9,18H2,1-2H3. The Morgan fingerprint density at radius 3 is 2.48 bits per heavy atom. The van der Waals surface area contributed by atoms with Crippen molar-refractivity contribution >= 4 is 31.9 Å². The Bertz CT molecular complexity index is 592. The molecule has 2 rings (SSSR count). The van der Waals surface area contributed by atoms with Crippen LogP contribution in [0.15, 0.2) is 33.2 Å². The molecule has 1 heterocycles. The average Bonchev–Trinajstić information content (AvgIpc) is 2.76. The second-order valence-corrected chi connectivity index (χ2v) is 6.77. The van der Waals surface area contributed by atoms with Crippen LogP contribution >= 0.6 is 31.9 Å². The van der Waals surface area contributed by atoms with Gasteiger partial charge in [0.25, 0.3) is 0 Å². The molecule has 4 nitrogen and oxygen atoms in total. The van der Waals surface area contributed by atoms with Crippen LogP contribution in [0.4, 0.5) is 0 Å². The molecule has 6 heteroatoms. The van der Waals surface area contributed by atoms with E-state index in [1.165, 1.54) is 11.3 Å². The summed E-state index contributed by atoms with van der Waals surface area (Å²) in [6.07, 6.45) is 1.71. The normalized spacial score (nSPS) is 12.6. The quantitative estimate of drug-likeness (QED) is 0.561. The van der Waals surface area contributed by atoms with Crippen LogP contribution < -0.4 is 11.3 Å². The molecular weight excluding hydrogens is 396 g/mol. The van der Waals surface area contributed by atoms with Gasteiger partial charge in [0.05, 0.1) is 15.9 Å². The van der Waals surface area contributed by atoms with Crippen LogP contribution in [0.5, 0.6) is 0 Å². The predicted molar refractivity (Wildman–Crippen MR) is 93.0 cm³/mol. The molecule has 2 aromatic rings. The van der Waals surface area contributed by atoms with Gasteiger partial charge < -0.3 is 0 Å². The third kappa shape index (κ3) is 4.16. The second-order valence-electron chi connectivity index (χ2n) is 5.06. The summed E-state index contributed by atoms with van der Waals surface area (Å²) in [6.45, 7) is 4.97. The topological polar surface area (TPSA) is 55.9 Å². The van der Waals surface area contributed by atoms with E-state index in [0.29, 0.717) is 0 Å². The molecule has 0 saturated heterocycles. The lowest BCUT2D eigenvalue weighted by atomic mass is 10.0. The zero-order chi connectivity index (χ0) is 15.4. The Labute approximate surface area is 142 Å². The van der Waals surface area contributed by atoms with E-state index in [4.69, 9.17) is 5.84 Å². The number of benzene rings is 1. The van der Waals surface area contributed by atoms with Crippen LogP contribution in [0.1, 0.15) is 23.9 Å². The van der Waals surface area contributed by atoms with Gasteiger partial charge in [0.1, 0.15) is 0 Å². The summed E-state index contributed by atoms with van der Waals surface area (Å²) in [7, 11) is 0. The van der Waals surface area contributed by atoms with Gasteiger partial charge in [0, 0.05) is 23.5 Å². The van der Waals surface area contributed by atoms with Gasteiger partial charge in [-0.3, -0.25) is 16.0 Å². The number of aryl methyl sites for hydroxylation is 2. The largest absolute Gasteiger partial charge is 0.271 e. The molecule has 3 N–H and O–H groups in total. The molecule has 0 bridgehead atoms. The van der Waals surface area contributed by atoms with Crippen molar-refractivity contribution in [1.29, 1.82) is 0 Å². The van der Waals surface area contributed by atoms with Gasteiger partial charge in [0.15, 0.2) is 0 Å². The van der Waals surface area contributed by atoms with Crippen molar-refractivity contribution in [2.24, 2.45) is 5.84 Å². The minimum atomic E-state index is 0.170. The van der Waals surface area contributed by atoms with Gasteiger partial charge >= 0.3 is 0 Å². The molecule has 21 heavy (non-hydrogen) atoms. The zero-order valence-electron chi connectivity index (χ0n) is 12.2. The van der Waals surface area contributed by atoms with Gasteiger partial charge in [-0.2, -0.15) is 5.10 Å². The summed E-state index contributed by atoms with van der Waals surface area (Å²) in [6, 6.07) is 8.51. The molecule has 0 aliphatic rings. The maximum Gasteiger partial charge on any atom is 0.0738 e. The Balaban J connectivity index is 2.14. The van der Waals surface area contributed by atoms with E-state index in [9.17, 15) is 0 Å². The van der Waals surface area contributed by atoms with Crippen molar-refractivity contribution in [2.75, 3.05) is 0 Å². The maximum atomic E-state index is 5.74. The molecule has 0 aliphatic carbocycles. The van der Waals surface area contributed by atoms with Gasteiger partial charge in [-0.15, -0.1) is 0 Å². The van der Waals surface area contributed by atoms with Gasteiger partial charge in [-0.25, -0.2) is 0 Å². The fraction of sp³-hybridized carbons (Fsp3) is 0.400. The highest BCUT2D eigenvalue weighted by Gasteiger charge is 2.17. The van der Waals surface area contributed by atoms with Crippen LogP contribution in [0.2, 0.25) is 0 Å². The summed E-state index contributed by atoms with van der Waals surface area (Å²) in [4.78, 5) is 0. The monoisotopic (exact) mass is 414 g/mol. The van der Waals surface area contributed by atoms with Gasteiger partial charge in [0.2, 0.25) is 0 Å². The SMILES string of the molecule is CCn1nc(C)c(Br)c1CC(Cc1ccc(Br)cc1)NN. The number of hydrazine groups is 1. The van der Waals surface area contributed by atoms with E-state index in [2.05, 4.69) is 73.6 Å². The summed E-state index contributed by atoms with van der Waals surface area (Å²) in [5.41, 5.74) is 6.40. The highest BCUT2D eigenvalue weighted by molar-refractivity contribution is 9.10. The van der Waals surface area contributed by atoms with Gasteiger partial charge in [-0.05, 0) is 53.9 Å². The van der Waals surface area contributed by atoms with Crippen LogP contribution in [-0.2, 0) is 19.4 Å². The highest BCUT2D eigenvalue weighted by Crippen LogP contribution is 2.23. The van der Waals surface area contributed by atoms with Crippen molar-refractivity contribution in [1.82, 2.24) is 15.2 Å². The van der Waals surface area contributed by atoms with Crippen LogP contribution in [0.3, 0.4) is 0 Å². The van der Waals surface area contributed by atoms with Crippen LogP contribution in [0, 0.1) is 6.92 Å². The number of halogens is 2. The number of nitrogens with two attached hydrogens (primary N) is 1. The molecule has 1 unspecified atom stereocenters.